The first-order valence-corrected chi connectivity index (χ1v) is 10.5. The number of carbonyl (C=O) groups excluding carboxylic acids is 1. The average Bonchev–Trinajstić information content (AvgIpc) is 3.17. The quantitative estimate of drug-likeness (QED) is 0.291. The fraction of sp³-hybridized carbons (Fsp3) is 0.350. The summed E-state index contributed by atoms with van der Waals surface area (Å²) in [4.78, 5) is 17.6. The van der Waals surface area contributed by atoms with E-state index < -0.39 is 30.9 Å². The van der Waals surface area contributed by atoms with Gasteiger partial charge in [-0.2, -0.15) is 23.4 Å². The van der Waals surface area contributed by atoms with Crippen LogP contribution in [0.25, 0.3) is 11.3 Å². The van der Waals surface area contributed by atoms with Crippen LogP contribution < -0.4 is 20.3 Å². The molecule has 3 rings (SSSR count). The average molecular weight is 535 g/mol. The zero-order valence-electron chi connectivity index (χ0n) is 19.0. The van der Waals surface area contributed by atoms with Crippen LogP contribution in [-0.2, 0) is 12.7 Å². The van der Waals surface area contributed by atoms with Gasteiger partial charge in [-0.1, -0.05) is 11.6 Å². The number of alkyl halides is 5. The summed E-state index contributed by atoms with van der Waals surface area (Å²) in [6.45, 7) is 0.405. The summed E-state index contributed by atoms with van der Waals surface area (Å²) in [5.41, 5.74) is -0.513. The lowest BCUT2D eigenvalue weighted by molar-refractivity contribution is -0.140. The van der Waals surface area contributed by atoms with Crippen LogP contribution in [-0.4, -0.2) is 58.5 Å². The molecule has 2 amide bonds. The second-order valence-electron chi connectivity index (χ2n) is 7.56. The van der Waals surface area contributed by atoms with Crippen LogP contribution in [0.3, 0.4) is 0 Å². The Labute approximate surface area is 206 Å². The maximum atomic E-state index is 13.4. The number of nitrogens with one attached hydrogen (secondary N) is 3. The molecule has 36 heavy (non-hydrogen) atoms. The summed E-state index contributed by atoms with van der Waals surface area (Å²) >= 11 is 5.83. The molecule has 0 spiro atoms. The van der Waals surface area contributed by atoms with E-state index >= 15 is 0 Å². The minimum Gasteiger partial charge on any atom is -0.471 e. The van der Waals surface area contributed by atoms with E-state index in [1.165, 1.54) is 25.1 Å². The molecular weight excluding hydrogens is 515 g/mol. The third-order valence-electron chi connectivity index (χ3n) is 4.57. The number of pyridine rings is 1. The largest absolute Gasteiger partial charge is 0.471 e. The van der Waals surface area contributed by atoms with E-state index in [2.05, 4.69) is 36.0 Å². The van der Waals surface area contributed by atoms with Crippen molar-refractivity contribution in [1.29, 1.82) is 0 Å². The lowest BCUT2D eigenvalue weighted by Gasteiger charge is -2.18. The van der Waals surface area contributed by atoms with Crippen molar-refractivity contribution in [3.05, 3.63) is 40.4 Å². The fourth-order valence-corrected chi connectivity index (χ4v) is 3.26. The number of nitrogens with zero attached hydrogens (tertiary/aromatic N) is 5. The number of anilines is 2. The van der Waals surface area contributed by atoms with Gasteiger partial charge in [-0.15, -0.1) is 5.10 Å². The molecule has 0 saturated heterocycles. The van der Waals surface area contributed by atoms with E-state index in [1.807, 2.05) is 0 Å². The number of carbonyl (C=O) groups is 1. The second kappa shape index (κ2) is 10.9. The van der Waals surface area contributed by atoms with Gasteiger partial charge in [0.25, 0.3) is 6.43 Å². The monoisotopic (exact) mass is 534 g/mol. The Bertz CT molecular complexity index is 1240. The normalized spacial score (nSPS) is 11.5. The highest BCUT2D eigenvalue weighted by Crippen LogP contribution is 2.39. The molecule has 0 aliphatic heterocycles. The fourth-order valence-electron chi connectivity index (χ4n) is 3.06. The molecule has 0 aliphatic carbocycles. The Morgan fingerprint density at radius 2 is 1.94 bits per heavy atom. The molecule has 0 bridgehead atoms. The van der Waals surface area contributed by atoms with E-state index in [0.29, 0.717) is 5.69 Å². The number of aromatic nitrogens is 5. The highest BCUT2D eigenvalue weighted by atomic mass is 35.5. The van der Waals surface area contributed by atoms with Gasteiger partial charge in [-0.05, 0) is 19.1 Å². The summed E-state index contributed by atoms with van der Waals surface area (Å²) < 4.78 is 69.7. The minimum absolute atomic E-state index is 0.0328. The zero-order chi connectivity index (χ0) is 26.6. The van der Waals surface area contributed by atoms with Gasteiger partial charge in [0.1, 0.15) is 10.8 Å². The number of aryl methyl sites for hydroxylation is 1. The number of amides is 2. The molecule has 16 heteroatoms. The molecule has 3 heterocycles. The molecule has 0 saturated carbocycles. The molecule has 0 radical (unpaired) electrons. The van der Waals surface area contributed by atoms with Crippen molar-refractivity contribution >= 4 is 29.0 Å². The maximum absolute atomic E-state index is 13.4. The van der Waals surface area contributed by atoms with Gasteiger partial charge in [-0.3, -0.25) is 5.10 Å². The number of urea groups is 1. The molecule has 0 aromatic carbocycles. The standard InChI is InChI=1S/C20H20ClF5N8O2/c1-9-16(18(33-30-9)20(24,25)26)17-12(34(2)3)4-11(31-32-17)7-27-19(35)28-10-5-13(21)29-15(6-10)36-8-14(22)23/h4-6,14H,7-8H2,1-3H3,(H,30,33)(H2,27,28,29,35). The van der Waals surface area contributed by atoms with Crippen molar-refractivity contribution in [2.24, 2.45) is 0 Å². The van der Waals surface area contributed by atoms with E-state index in [4.69, 9.17) is 16.3 Å². The van der Waals surface area contributed by atoms with E-state index in [0.717, 1.165) is 0 Å². The second-order valence-corrected chi connectivity index (χ2v) is 7.95. The lowest BCUT2D eigenvalue weighted by atomic mass is 10.1. The predicted molar refractivity (Wildman–Crippen MR) is 120 cm³/mol. The smallest absolute Gasteiger partial charge is 0.435 e. The predicted octanol–water partition coefficient (Wildman–Crippen LogP) is 4.27. The highest BCUT2D eigenvalue weighted by Gasteiger charge is 2.39. The molecule has 0 unspecified atom stereocenters. The van der Waals surface area contributed by atoms with Crippen LogP contribution >= 0.6 is 11.6 Å². The Hall–Kier alpha value is -3.75. The number of ether oxygens (including phenoxy) is 1. The Morgan fingerprint density at radius 1 is 1.22 bits per heavy atom. The Morgan fingerprint density at radius 3 is 2.58 bits per heavy atom. The third-order valence-corrected chi connectivity index (χ3v) is 4.77. The molecular formula is C20H20ClF5N8O2. The molecule has 194 valence electrons. The lowest BCUT2D eigenvalue weighted by Crippen LogP contribution is -2.29. The number of hydrogen-bond acceptors (Lipinski definition) is 7. The molecule has 3 aromatic heterocycles. The molecule has 3 aromatic rings. The molecule has 0 fully saturated rings. The number of halogens is 6. The summed E-state index contributed by atoms with van der Waals surface area (Å²) in [5, 5.41) is 18.5. The first-order chi connectivity index (χ1) is 16.8. The number of rotatable bonds is 8. The first kappa shape index (κ1) is 26.8. The van der Waals surface area contributed by atoms with E-state index in [-0.39, 0.29) is 45.9 Å². The molecule has 3 N–H and O–H groups in total. The minimum atomic E-state index is -4.70. The van der Waals surface area contributed by atoms with Crippen molar-refractivity contribution in [3.63, 3.8) is 0 Å². The van der Waals surface area contributed by atoms with Crippen molar-refractivity contribution in [2.75, 3.05) is 30.9 Å². The molecule has 10 nitrogen and oxygen atoms in total. The molecule has 0 aliphatic rings. The van der Waals surface area contributed by atoms with Crippen LogP contribution in [0.4, 0.5) is 38.1 Å². The highest BCUT2D eigenvalue weighted by molar-refractivity contribution is 6.29. The Balaban J connectivity index is 1.75. The van der Waals surface area contributed by atoms with Gasteiger partial charge in [0.05, 0.1) is 29.2 Å². The van der Waals surface area contributed by atoms with Crippen LogP contribution in [0.5, 0.6) is 5.88 Å². The van der Waals surface area contributed by atoms with Crippen LogP contribution in [0.1, 0.15) is 17.1 Å². The number of hydrogen-bond donors (Lipinski definition) is 3. The molecule has 0 atom stereocenters. The van der Waals surface area contributed by atoms with Crippen LogP contribution in [0.2, 0.25) is 5.15 Å². The van der Waals surface area contributed by atoms with Gasteiger partial charge in [0.2, 0.25) is 5.88 Å². The van der Waals surface area contributed by atoms with Crippen molar-refractivity contribution in [1.82, 2.24) is 30.7 Å². The van der Waals surface area contributed by atoms with Gasteiger partial charge in [0, 0.05) is 25.9 Å². The third kappa shape index (κ3) is 6.68. The topological polar surface area (TPSA) is 121 Å². The van der Waals surface area contributed by atoms with Crippen LogP contribution in [0.15, 0.2) is 18.2 Å². The number of H-pyrrole nitrogens is 1. The van der Waals surface area contributed by atoms with E-state index in [9.17, 15) is 26.7 Å². The number of aromatic amines is 1. The van der Waals surface area contributed by atoms with Crippen LogP contribution in [0, 0.1) is 6.92 Å². The van der Waals surface area contributed by atoms with Gasteiger partial charge >= 0.3 is 12.2 Å². The summed E-state index contributed by atoms with van der Waals surface area (Å²) in [6, 6.07) is 3.26. The summed E-state index contributed by atoms with van der Waals surface area (Å²) in [5.74, 6) is -0.206. The van der Waals surface area contributed by atoms with Crippen molar-refractivity contribution < 1.29 is 31.5 Å². The summed E-state index contributed by atoms with van der Waals surface area (Å²) in [7, 11) is 3.24. The van der Waals surface area contributed by atoms with Gasteiger partial charge < -0.3 is 20.3 Å². The van der Waals surface area contributed by atoms with Gasteiger partial charge in [0.15, 0.2) is 12.3 Å². The Kier molecular flexibility index (Phi) is 8.12. The van der Waals surface area contributed by atoms with E-state index in [1.54, 1.807) is 19.0 Å². The van der Waals surface area contributed by atoms with Gasteiger partial charge in [-0.25, -0.2) is 18.6 Å². The zero-order valence-corrected chi connectivity index (χ0v) is 19.8. The maximum Gasteiger partial charge on any atom is 0.435 e. The SMILES string of the molecule is Cc1[nH]nc(C(F)(F)F)c1-c1nnc(CNC(=O)Nc2cc(Cl)nc(OCC(F)F)c2)cc1N(C)C. The summed E-state index contributed by atoms with van der Waals surface area (Å²) in [6.07, 6.45) is -7.42. The first-order valence-electron chi connectivity index (χ1n) is 10.1. The van der Waals surface area contributed by atoms with Crippen molar-refractivity contribution in [3.8, 4) is 17.1 Å². The van der Waals surface area contributed by atoms with Crippen molar-refractivity contribution in [2.45, 2.75) is 26.1 Å².